The van der Waals surface area contributed by atoms with Crippen molar-refractivity contribution < 1.29 is 9.90 Å². The molecule has 1 aliphatic rings. The average molecular weight is 374 g/mol. The number of aliphatic hydroxyl groups is 1. The van der Waals surface area contributed by atoms with Crippen molar-refractivity contribution in [3.63, 3.8) is 0 Å². The van der Waals surface area contributed by atoms with Gasteiger partial charge in [0.05, 0.1) is 6.54 Å². The lowest BCUT2D eigenvalue weighted by molar-refractivity contribution is 0.000258. The highest BCUT2D eigenvalue weighted by Gasteiger charge is 2.39. The number of amides is 1. The van der Waals surface area contributed by atoms with Gasteiger partial charge in [-0.15, -0.1) is 0 Å². The first-order valence-corrected chi connectivity index (χ1v) is 9.27. The number of nitrogens with zero attached hydrogens (tertiary/aromatic N) is 3. The van der Waals surface area contributed by atoms with Crippen LogP contribution < -0.4 is 5.73 Å². The maximum Gasteiger partial charge on any atom is 0.276 e. The van der Waals surface area contributed by atoms with E-state index in [9.17, 15) is 9.90 Å². The predicted octanol–water partition coefficient (Wildman–Crippen LogP) is 2.54. The van der Waals surface area contributed by atoms with E-state index in [1.807, 2.05) is 54.6 Å². The number of aromatic nitrogens is 2. The molecule has 1 amide bonds. The number of anilines is 1. The second-order valence-electron chi connectivity index (χ2n) is 7.13. The minimum absolute atomic E-state index is 0.0874. The third-order valence-corrected chi connectivity index (χ3v) is 5.21. The summed E-state index contributed by atoms with van der Waals surface area (Å²) in [4.78, 5) is 23.0. The molecule has 0 saturated carbocycles. The Morgan fingerprint density at radius 1 is 1.07 bits per heavy atom. The Bertz CT molecular complexity index is 993. The molecule has 142 valence electrons. The van der Waals surface area contributed by atoms with Crippen molar-refractivity contribution in [3.05, 3.63) is 89.4 Å². The summed E-state index contributed by atoms with van der Waals surface area (Å²) in [6.07, 6.45) is 4.26. The maximum atomic E-state index is 13.2. The Labute approximate surface area is 163 Å². The summed E-state index contributed by atoms with van der Waals surface area (Å²) in [6.45, 7) is 0.508. The van der Waals surface area contributed by atoms with Crippen LogP contribution in [0.15, 0.2) is 67.0 Å². The fourth-order valence-corrected chi connectivity index (χ4v) is 3.82. The molecule has 4 rings (SSSR count). The SMILES string of the molecule is Nc1nccnc1C(=O)N(Cc1ccccc1)C[C@]1(O)CCc2ccccc21. The molecule has 0 spiro atoms. The van der Waals surface area contributed by atoms with Crippen molar-refractivity contribution in [3.8, 4) is 0 Å². The molecule has 1 aromatic heterocycles. The van der Waals surface area contributed by atoms with E-state index in [1.165, 1.54) is 12.4 Å². The van der Waals surface area contributed by atoms with Gasteiger partial charge in [0.15, 0.2) is 11.5 Å². The van der Waals surface area contributed by atoms with Gasteiger partial charge in [-0.3, -0.25) is 4.79 Å². The lowest BCUT2D eigenvalue weighted by Crippen LogP contribution is -2.43. The average Bonchev–Trinajstić information content (AvgIpc) is 3.05. The van der Waals surface area contributed by atoms with Gasteiger partial charge in [-0.2, -0.15) is 0 Å². The summed E-state index contributed by atoms with van der Waals surface area (Å²) >= 11 is 0. The molecule has 0 bridgehead atoms. The van der Waals surface area contributed by atoms with Gasteiger partial charge in [-0.25, -0.2) is 9.97 Å². The topological polar surface area (TPSA) is 92.3 Å². The molecular weight excluding hydrogens is 352 g/mol. The quantitative estimate of drug-likeness (QED) is 0.716. The number of fused-ring (bicyclic) bond motifs is 1. The van der Waals surface area contributed by atoms with E-state index in [1.54, 1.807) is 4.90 Å². The summed E-state index contributed by atoms with van der Waals surface area (Å²) in [5.41, 5.74) is 7.86. The van der Waals surface area contributed by atoms with E-state index >= 15 is 0 Å². The molecule has 3 aromatic rings. The summed E-state index contributed by atoms with van der Waals surface area (Å²) in [7, 11) is 0. The fraction of sp³-hybridized carbons (Fsp3) is 0.227. The van der Waals surface area contributed by atoms with Crippen LogP contribution in [-0.4, -0.2) is 32.4 Å². The van der Waals surface area contributed by atoms with Crippen molar-refractivity contribution in [2.24, 2.45) is 0 Å². The Kier molecular flexibility index (Phi) is 4.79. The Morgan fingerprint density at radius 3 is 2.57 bits per heavy atom. The van der Waals surface area contributed by atoms with Gasteiger partial charge < -0.3 is 15.7 Å². The van der Waals surface area contributed by atoms with Gasteiger partial charge in [-0.05, 0) is 29.5 Å². The van der Waals surface area contributed by atoms with E-state index in [2.05, 4.69) is 9.97 Å². The first-order chi connectivity index (χ1) is 13.6. The molecule has 6 nitrogen and oxygen atoms in total. The maximum absolute atomic E-state index is 13.2. The molecule has 1 aliphatic carbocycles. The molecule has 0 saturated heterocycles. The fourth-order valence-electron chi connectivity index (χ4n) is 3.82. The van der Waals surface area contributed by atoms with E-state index in [0.717, 1.165) is 23.1 Å². The summed E-state index contributed by atoms with van der Waals surface area (Å²) in [6, 6.07) is 17.5. The first kappa shape index (κ1) is 18.1. The molecule has 0 fully saturated rings. The monoisotopic (exact) mass is 374 g/mol. The highest BCUT2D eigenvalue weighted by molar-refractivity contribution is 5.96. The standard InChI is InChI=1S/C22H22N4O2/c23-20-19(24-12-13-25-20)21(27)26(14-16-6-2-1-3-7-16)15-22(28)11-10-17-8-4-5-9-18(17)22/h1-9,12-13,28H,10-11,14-15H2,(H2,23,25)/t22-/m1/s1. The largest absolute Gasteiger partial charge is 0.383 e. The van der Waals surface area contributed by atoms with Crippen LogP contribution in [0.2, 0.25) is 0 Å². The number of hydrogen-bond donors (Lipinski definition) is 2. The summed E-state index contributed by atoms with van der Waals surface area (Å²) in [5.74, 6) is -0.253. The van der Waals surface area contributed by atoms with Gasteiger partial charge in [0.2, 0.25) is 0 Å². The van der Waals surface area contributed by atoms with Crippen molar-refractivity contribution in [2.75, 3.05) is 12.3 Å². The molecule has 28 heavy (non-hydrogen) atoms. The van der Waals surface area contributed by atoms with E-state index in [-0.39, 0.29) is 24.0 Å². The first-order valence-electron chi connectivity index (χ1n) is 9.27. The molecule has 2 aromatic carbocycles. The van der Waals surface area contributed by atoms with Gasteiger partial charge in [-0.1, -0.05) is 54.6 Å². The van der Waals surface area contributed by atoms with Crippen LogP contribution in [0, 0.1) is 0 Å². The lowest BCUT2D eigenvalue weighted by atomic mass is 9.95. The van der Waals surface area contributed by atoms with Crippen LogP contribution in [0.1, 0.15) is 33.6 Å². The van der Waals surface area contributed by atoms with E-state index in [4.69, 9.17) is 5.73 Å². The molecule has 6 heteroatoms. The zero-order valence-electron chi connectivity index (χ0n) is 15.5. The third-order valence-electron chi connectivity index (χ3n) is 5.21. The number of hydrogen-bond acceptors (Lipinski definition) is 5. The van der Waals surface area contributed by atoms with Gasteiger partial charge in [0.1, 0.15) is 5.60 Å². The summed E-state index contributed by atoms with van der Waals surface area (Å²) < 4.78 is 0. The van der Waals surface area contributed by atoms with Crippen molar-refractivity contribution in [1.82, 2.24) is 14.9 Å². The number of benzene rings is 2. The number of nitrogens with two attached hydrogens (primary N) is 1. The zero-order valence-corrected chi connectivity index (χ0v) is 15.5. The number of rotatable bonds is 5. The smallest absolute Gasteiger partial charge is 0.276 e. The van der Waals surface area contributed by atoms with Gasteiger partial charge in [0, 0.05) is 18.9 Å². The summed E-state index contributed by atoms with van der Waals surface area (Å²) in [5, 5.41) is 11.4. The van der Waals surface area contributed by atoms with Crippen LogP contribution >= 0.6 is 0 Å². The second kappa shape index (κ2) is 7.40. The molecule has 0 unspecified atom stereocenters. The van der Waals surface area contributed by atoms with Crippen LogP contribution in [0.5, 0.6) is 0 Å². The molecule has 0 aliphatic heterocycles. The Hall–Kier alpha value is -3.25. The number of carbonyl (C=O) groups is 1. The highest BCUT2D eigenvalue weighted by Crippen LogP contribution is 2.37. The van der Waals surface area contributed by atoms with Crippen molar-refractivity contribution >= 4 is 11.7 Å². The minimum Gasteiger partial charge on any atom is -0.383 e. The van der Waals surface area contributed by atoms with Crippen molar-refractivity contribution in [2.45, 2.75) is 25.0 Å². The molecule has 1 heterocycles. The lowest BCUT2D eigenvalue weighted by Gasteiger charge is -2.32. The molecular formula is C22H22N4O2. The zero-order chi connectivity index (χ0) is 19.6. The highest BCUT2D eigenvalue weighted by atomic mass is 16.3. The number of nitrogen functional groups attached to an aromatic ring is 1. The normalized spacial score (nSPS) is 17.9. The van der Waals surface area contributed by atoms with Crippen LogP contribution in [0.3, 0.4) is 0 Å². The third kappa shape index (κ3) is 3.46. The molecule has 3 N–H and O–H groups in total. The number of carbonyl (C=O) groups excluding carboxylic acids is 1. The van der Waals surface area contributed by atoms with Crippen LogP contribution in [0.4, 0.5) is 5.82 Å². The van der Waals surface area contributed by atoms with Crippen LogP contribution in [-0.2, 0) is 18.6 Å². The minimum atomic E-state index is -1.10. The van der Waals surface area contributed by atoms with Crippen LogP contribution in [0.25, 0.3) is 0 Å². The second-order valence-corrected chi connectivity index (χ2v) is 7.13. The number of aryl methyl sites for hydroxylation is 1. The van der Waals surface area contributed by atoms with E-state index < -0.39 is 5.60 Å². The molecule has 0 radical (unpaired) electrons. The Morgan fingerprint density at radius 2 is 1.79 bits per heavy atom. The van der Waals surface area contributed by atoms with Crippen molar-refractivity contribution in [1.29, 1.82) is 0 Å². The van der Waals surface area contributed by atoms with E-state index in [0.29, 0.717) is 13.0 Å². The van der Waals surface area contributed by atoms with Gasteiger partial charge >= 0.3 is 0 Å². The van der Waals surface area contributed by atoms with Gasteiger partial charge in [0.25, 0.3) is 5.91 Å². The Balaban J connectivity index is 1.68. The predicted molar refractivity (Wildman–Crippen MR) is 106 cm³/mol. The molecule has 1 atom stereocenters.